The quantitative estimate of drug-likeness (QED) is 0.697. The zero-order chi connectivity index (χ0) is 21.5. The first-order chi connectivity index (χ1) is 14.5. The van der Waals surface area contributed by atoms with Crippen molar-refractivity contribution in [3.63, 3.8) is 0 Å². The van der Waals surface area contributed by atoms with Gasteiger partial charge in [0.15, 0.2) is 0 Å². The highest BCUT2D eigenvalue weighted by Crippen LogP contribution is 2.25. The molecule has 0 bridgehead atoms. The van der Waals surface area contributed by atoms with Gasteiger partial charge in [0.05, 0.1) is 6.54 Å². The van der Waals surface area contributed by atoms with E-state index in [1.54, 1.807) is 24.3 Å². The lowest BCUT2D eigenvalue weighted by molar-refractivity contribution is -0.690. The molecule has 4 heteroatoms. The maximum Gasteiger partial charge on any atom is 0.138 e. The third kappa shape index (κ3) is 5.50. The Hall–Kier alpha value is -2.62. The molecular formula is C26H28ClNO2. The van der Waals surface area contributed by atoms with Gasteiger partial charge in [-0.25, -0.2) is 0 Å². The van der Waals surface area contributed by atoms with E-state index in [0.29, 0.717) is 11.1 Å². The van der Waals surface area contributed by atoms with Gasteiger partial charge in [0.1, 0.15) is 6.04 Å². The maximum atomic E-state index is 10.9. The van der Waals surface area contributed by atoms with Crippen LogP contribution in [0.15, 0.2) is 78.9 Å². The highest BCUT2D eigenvalue weighted by Gasteiger charge is 2.23. The SMILES string of the molecule is CC(C)[C@H](C(=O)[O-])c1ccc(Cl)cc1.c1ccc([C@@H]2[NH2+]CCc3ccccc32)cc1. The summed E-state index contributed by atoms with van der Waals surface area (Å²) in [5.74, 6) is -1.59. The Kier molecular flexibility index (Phi) is 7.67. The first-order valence-electron chi connectivity index (χ1n) is 10.4. The largest absolute Gasteiger partial charge is 0.549 e. The van der Waals surface area contributed by atoms with Crippen LogP contribution < -0.4 is 10.4 Å². The predicted octanol–water partition coefficient (Wildman–Crippen LogP) is 3.73. The molecule has 2 N–H and O–H groups in total. The molecule has 30 heavy (non-hydrogen) atoms. The summed E-state index contributed by atoms with van der Waals surface area (Å²) in [6.45, 7) is 4.90. The third-order valence-corrected chi connectivity index (χ3v) is 5.77. The van der Waals surface area contributed by atoms with Crippen molar-refractivity contribution in [2.75, 3.05) is 6.54 Å². The highest BCUT2D eigenvalue weighted by molar-refractivity contribution is 6.30. The van der Waals surface area contributed by atoms with Crippen LogP contribution in [-0.4, -0.2) is 12.5 Å². The van der Waals surface area contributed by atoms with E-state index in [4.69, 9.17) is 11.6 Å². The Bertz CT molecular complexity index is 954. The standard InChI is InChI=1S/C15H15N.C11H13ClO2/c1-2-7-13(8-3-1)15-14-9-5-4-6-12(14)10-11-16-15;1-7(2)10(11(13)14)8-3-5-9(12)6-4-8/h1-9,15-16H,10-11H2;3-7,10H,1-2H3,(H,13,14)/t15-;10-/m00/s1. The number of carboxylic acid groups (broad SMARTS) is 1. The van der Waals surface area contributed by atoms with E-state index < -0.39 is 11.9 Å². The van der Waals surface area contributed by atoms with Crippen molar-refractivity contribution < 1.29 is 15.2 Å². The smallest absolute Gasteiger partial charge is 0.138 e. The van der Waals surface area contributed by atoms with Gasteiger partial charge in [-0.1, -0.05) is 92.2 Å². The summed E-state index contributed by atoms with van der Waals surface area (Å²) in [5.41, 5.74) is 5.15. The lowest BCUT2D eigenvalue weighted by atomic mass is 9.89. The molecule has 1 aliphatic rings. The van der Waals surface area contributed by atoms with Crippen LogP contribution in [0.25, 0.3) is 0 Å². The van der Waals surface area contributed by atoms with Crippen molar-refractivity contribution in [3.8, 4) is 0 Å². The molecule has 0 fully saturated rings. The van der Waals surface area contributed by atoms with Gasteiger partial charge in [0, 0.05) is 34.5 Å². The number of hydrogen-bond acceptors (Lipinski definition) is 2. The number of aliphatic carboxylic acids is 1. The molecule has 0 aromatic heterocycles. The monoisotopic (exact) mass is 421 g/mol. The van der Waals surface area contributed by atoms with Crippen molar-refractivity contribution >= 4 is 17.6 Å². The number of carboxylic acids is 1. The minimum Gasteiger partial charge on any atom is -0.549 e. The van der Waals surface area contributed by atoms with Gasteiger partial charge in [-0.15, -0.1) is 0 Å². The highest BCUT2D eigenvalue weighted by atomic mass is 35.5. The second kappa shape index (κ2) is 10.4. The molecule has 3 aromatic carbocycles. The van der Waals surface area contributed by atoms with E-state index in [-0.39, 0.29) is 5.92 Å². The van der Waals surface area contributed by atoms with Crippen molar-refractivity contribution in [2.45, 2.75) is 32.2 Å². The second-order valence-electron chi connectivity index (χ2n) is 7.95. The molecule has 0 aliphatic carbocycles. The number of carbonyl (C=O) groups excluding carboxylic acids is 1. The zero-order valence-electron chi connectivity index (χ0n) is 17.4. The molecule has 0 saturated carbocycles. The first-order valence-corrected chi connectivity index (χ1v) is 10.8. The van der Waals surface area contributed by atoms with Crippen LogP contribution in [0, 0.1) is 5.92 Å². The van der Waals surface area contributed by atoms with Gasteiger partial charge in [-0.3, -0.25) is 0 Å². The lowest BCUT2D eigenvalue weighted by Gasteiger charge is -2.23. The minimum atomic E-state index is -1.04. The van der Waals surface area contributed by atoms with Gasteiger partial charge in [-0.05, 0) is 29.2 Å². The molecule has 0 amide bonds. The molecule has 4 rings (SSSR count). The van der Waals surface area contributed by atoms with Crippen LogP contribution in [0.3, 0.4) is 0 Å². The summed E-state index contributed by atoms with van der Waals surface area (Å²) in [6, 6.07) is 26.9. The van der Waals surface area contributed by atoms with E-state index >= 15 is 0 Å². The molecule has 2 atom stereocenters. The van der Waals surface area contributed by atoms with E-state index in [2.05, 4.69) is 59.9 Å². The summed E-state index contributed by atoms with van der Waals surface area (Å²) in [6.07, 6.45) is 1.19. The summed E-state index contributed by atoms with van der Waals surface area (Å²) in [4.78, 5) is 10.9. The van der Waals surface area contributed by atoms with Crippen LogP contribution in [0.1, 0.15) is 48.1 Å². The van der Waals surface area contributed by atoms with Gasteiger partial charge in [0.2, 0.25) is 0 Å². The fourth-order valence-electron chi connectivity index (χ4n) is 4.04. The lowest BCUT2D eigenvalue weighted by Crippen LogP contribution is -2.87. The number of nitrogens with two attached hydrogens (primary N) is 1. The number of halogens is 1. The van der Waals surface area contributed by atoms with Crippen LogP contribution in [0.4, 0.5) is 0 Å². The molecule has 1 heterocycles. The van der Waals surface area contributed by atoms with Crippen LogP contribution >= 0.6 is 11.6 Å². The minimum absolute atomic E-state index is 0.0150. The average molecular weight is 422 g/mol. The maximum absolute atomic E-state index is 10.9. The summed E-state index contributed by atoms with van der Waals surface area (Å²) in [7, 11) is 0. The first kappa shape index (κ1) is 22.1. The molecule has 3 aromatic rings. The summed E-state index contributed by atoms with van der Waals surface area (Å²) >= 11 is 5.71. The molecule has 0 spiro atoms. The predicted molar refractivity (Wildman–Crippen MR) is 119 cm³/mol. The fraction of sp³-hybridized carbons (Fsp3) is 0.269. The molecule has 0 radical (unpaired) electrons. The Labute approximate surface area is 183 Å². The van der Waals surface area contributed by atoms with Gasteiger partial charge >= 0.3 is 0 Å². The van der Waals surface area contributed by atoms with Gasteiger partial charge in [0.25, 0.3) is 0 Å². The van der Waals surface area contributed by atoms with E-state index in [1.165, 1.54) is 29.7 Å². The van der Waals surface area contributed by atoms with E-state index in [0.717, 1.165) is 5.56 Å². The van der Waals surface area contributed by atoms with Crippen LogP contribution in [-0.2, 0) is 11.2 Å². The molecule has 1 aliphatic heterocycles. The van der Waals surface area contributed by atoms with Gasteiger partial charge < -0.3 is 15.2 Å². The Morgan fingerprint density at radius 2 is 1.60 bits per heavy atom. The molecule has 0 saturated heterocycles. The Morgan fingerprint density at radius 3 is 2.23 bits per heavy atom. The third-order valence-electron chi connectivity index (χ3n) is 5.51. The average Bonchev–Trinajstić information content (AvgIpc) is 2.75. The topological polar surface area (TPSA) is 56.7 Å². The van der Waals surface area contributed by atoms with E-state index in [9.17, 15) is 9.90 Å². The Morgan fingerprint density at radius 1 is 0.967 bits per heavy atom. The fourth-order valence-corrected chi connectivity index (χ4v) is 4.16. The zero-order valence-corrected chi connectivity index (χ0v) is 18.2. The van der Waals surface area contributed by atoms with Crippen molar-refractivity contribution in [1.29, 1.82) is 0 Å². The molecule has 156 valence electrons. The Balaban J connectivity index is 0.000000173. The number of benzene rings is 3. The molecule has 0 unspecified atom stereocenters. The van der Waals surface area contributed by atoms with Gasteiger partial charge in [-0.2, -0.15) is 0 Å². The molecule has 3 nitrogen and oxygen atoms in total. The van der Waals surface area contributed by atoms with Crippen molar-refractivity contribution in [1.82, 2.24) is 0 Å². The van der Waals surface area contributed by atoms with E-state index in [1.807, 2.05) is 13.8 Å². The van der Waals surface area contributed by atoms with Crippen molar-refractivity contribution in [2.24, 2.45) is 5.92 Å². The number of hydrogen-bond donors (Lipinski definition) is 1. The molecular weight excluding hydrogens is 394 g/mol. The summed E-state index contributed by atoms with van der Waals surface area (Å²) < 4.78 is 0. The second-order valence-corrected chi connectivity index (χ2v) is 8.39. The number of fused-ring (bicyclic) bond motifs is 1. The number of quaternary nitrogens is 1. The number of carbonyl (C=O) groups is 1. The van der Waals surface area contributed by atoms with Crippen molar-refractivity contribution in [3.05, 3.63) is 106 Å². The normalized spacial score (nSPS) is 16.2. The van der Waals surface area contributed by atoms with Crippen LogP contribution in [0.2, 0.25) is 5.02 Å². The summed E-state index contributed by atoms with van der Waals surface area (Å²) in [5, 5.41) is 13.9. The number of rotatable bonds is 4. The van der Waals surface area contributed by atoms with Crippen LogP contribution in [0.5, 0.6) is 0 Å².